The molecule has 1 aromatic carbocycles. The molecule has 1 fully saturated rings. The van der Waals surface area contributed by atoms with E-state index in [0.717, 1.165) is 17.7 Å². The van der Waals surface area contributed by atoms with E-state index in [9.17, 15) is 4.79 Å². The van der Waals surface area contributed by atoms with Crippen LogP contribution in [0.4, 0.5) is 0 Å². The minimum Gasteiger partial charge on any atom is -0.480 e. The van der Waals surface area contributed by atoms with Gasteiger partial charge < -0.3 is 5.11 Å². The summed E-state index contributed by atoms with van der Waals surface area (Å²) in [6.45, 7) is 0. The summed E-state index contributed by atoms with van der Waals surface area (Å²) in [4.78, 5) is 11.8. The summed E-state index contributed by atoms with van der Waals surface area (Å²) in [6.07, 6.45) is 1.50. The van der Waals surface area contributed by atoms with Gasteiger partial charge in [-0.3, -0.25) is 4.79 Å². The van der Waals surface area contributed by atoms with Crippen molar-refractivity contribution in [2.24, 2.45) is 0 Å². The SMILES string of the molecule is O=C(O)C1(Sc2cccc(Cl)c2)CC1. The number of thioether (sulfide) groups is 1. The van der Waals surface area contributed by atoms with Crippen molar-refractivity contribution in [2.75, 3.05) is 0 Å². The zero-order valence-corrected chi connectivity index (χ0v) is 8.94. The minimum atomic E-state index is -0.720. The molecule has 0 radical (unpaired) electrons. The van der Waals surface area contributed by atoms with Gasteiger partial charge in [0.25, 0.3) is 0 Å². The van der Waals surface area contributed by atoms with Gasteiger partial charge in [-0.15, -0.1) is 11.8 Å². The monoisotopic (exact) mass is 228 g/mol. The zero-order valence-electron chi connectivity index (χ0n) is 7.37. The molecular formula is C10H9ClO2S. The average Bonchev–Trinajstić information content (AvgIpc) is 2.85. The van der Waals surface area contributed by atoms with Crippen molar-refractivity contribution in [3.05, 3.63) is 29.3 Å². The molecule has 14 heavy (non-hydrogen) atoms. The van der Waals surface area contributed by atoms with Gasteiger partial charge in [-0.2, -0.15) is 0 Å². The Morgan fingerprint density at radius 3 is 2.71 bits per heavy atom. The maximum absolute atomic E-state index is 10.9. The highest BCUT2D eigenvalue weighted by Gasteiger charge is 2.51. The Balaban J connectivity index is 2.15. The second kappa shape index (κ2) is 3.48. The van der Waals surface area contributed by atoms with Gasteiger partial charge in [-0.25, -0.2) is 0 Å². The Bertz CT molecular complexity index is 374. The molecule has 4 heteroatoms. The van der Waals surface area contributed by atoms with Crippen LogP contribution in [-0.4, -0.2) is 15.8 Å². The fraction of sp³-hybridized carbons (Fsp3) is 0.300. The van der Waals surface area contributed by atoms with Crippen LogP contribution in [-0.2, 0) is 4.79 Å². The standard InChI is InChI=1S/C10H9ClO2S/c11-7-2-1-3-8(6-7)14-10(4-5-10)9(12)13/h1-3,6H,4-5H2,(H,12,13). The van der Waals surface area contributed by atoms with E-state index in [0.29, 0.717) is 5.02 Å². The number of hydrogen-bond acceptors (Lipinski definition) is 2. The first-order valence-corrected chi connectivity index (χ1v) is 5.50. The van der Waals surface area contributed by atoms with Gasteiger partial charge in [0, 0.05) is 9.92 Å². The Morgan fingerprint density at radius 2 is 2.21 bits per heavy atom. The number of benzene rings is 1. The first-order chi connectivity index (χ1) is 6.62. The van der Waals surface area contributed by atoms with E-state index >= 15 is 0 Å². The second-order valence-electron chi connectivity index (χ2n) is 3.36. The number of rotatable bonds is 3. The van der Waals surface area contributed by atoms with E-state index in [1.807, 2.05) is 12.1 Å². The van der Waals surface area contributed by atoms with E-state index in [1.165, 1.54) is 11.8 Å². The van der Waals surface area contributed by atoms with Crippen LogP contribution >= 0.6 is 23.4 Å². The lowest BCUT2D eigenvalue weighted by Gasteiger charge is -2.08. The number of carbonyl (C=O) groups is 1. The molecule has 1 aromatic rings. The highest BCUT2D eigenvalue weighted by molar-refractivity contribution is 8.01. The molecule has 1 aliphatic rings. The Morgan fingerprint density at radius 1 is 1.50 bits per heavy atom. The number of carboxylic acids is 1. The first kappa shape index (κ1) is 9.87. The maximum atomic E-state index is 10.9. The van der Waals surface area contributed by atoms with Gasteiger partial charge in [0.1, 0.15) is 4.75 Å². The summed E-state index contributed by atoms with van der Waals surface area (Å²) in [6, 6.07) is 7.31. The molecule has 0 saturated heterocycles. The van der Waals surface area contributed by atoms with E-state index in [1.54, 1.807) is 12.1 Å². The average molecular weight is 229 g/mol. The van der Waals surface area contributed by atoms with E-state index in [-0.39, 0.29) is 0 Å². The molecule has 0 unspecified atom stereocenters. The van der Waals surface area contributed by atoms with E-state index in [2.05, 4.69) is 0 Å². The molecule has 0 spiro atoms. The third-order valence-electron chi connectivity index (χ3n) is 2.20. The van der Waals surface area contributed by atoms with Crippen molar-refractivity contribution in [3.8, 4) is 0 Å². The van der Waals surface area contributed by atoms with Gasteiger partial charge in [0.2, 0.25) is 0 Å². The molecule has 0 heterocycles. The lowest BCUT2D eigenvalue weighted by Crippen LogP contribution is -2.16. The first-order valence-electron chi connectivity index (χ1n) is 4.30. The lowest BCUT2D eigenvalue weighted by molar-refractivity contribution is -0.137. The summed E-state index contributed by atoms with van der Waals surface area (Å²) in [5.74, 6) is -0.720. The van der Waals surface area contributed by atoms with Crippen LogP contribution in [0.1, 0.15) is 12.8 Å². The lowest BCUT2D eigenvalue weighted by atomic mass is 10.4. The Kier molecular flexibility index (Phi) is 2.45. The molecule has 1 saturated carbocycles. The minimum absolute atomic E-state index is 0.579. The molecule has 0 aromatic heterocycles. The van der Waals surface area contributed by atoms with Crippen molar-refractivity contribution in [1.29, 1.82) is 0 Å². The molecule has 1 N–H and O–H groups in total. The second-order valence-corrected chi connectivity index (χ2v) is 5.25. The molecule has 1 aliphatic carbocycles. The molecule has 0 atom stereocenters. The topological polar surface area (TPSA) is 37.3 Å². The molecular weight excluding hydrogens is 220 g/mol. The quantitative estimate of drug-likeness (QED) is 0.864. The van der Waals surface area contributed by atoms with Crippen LogP contribution in [0, 0.1) is 0 Å². The summed E-state index contributed by atoms with van der Waals surface area (Å²) < 4.78 is -0.579. The number of halogens is 1. The van der Waals surface area contributed by atoms with E-state index in [4.69, 9.17) is 16.7 Å². The molecule has 0 amide bonds. The Labute approximate surface area is 91.3 Å². The predicted molar refractivity (Wildman–Crippen MR) is 56.9 cm³/mol. The van der Waals surface area contributed by atoms with E-state index < -0.39 is 10.7 Å². The van der Waals surface area contributed by atoms with Crippen molar-refractivity contribution in [3.63, 3.8) is 0 Å². The van der Waals surface area contributed by atoms with Gasteiger partial charge in [-0.1, -0.05) is 17.7 Å². The van der Waals surface area contributed by atoms with Gasteiger partial charge in [0.15, 0.2) is 0 Å². The third-order valence-corrected chi connectivity index (χ3v) is 3.90. The largest absolute Gasteiger partial charge is 0.480 e. The van der Waals surface area contributed by atoms with Crippen molar-refractivity contribution >= 4 is 29.3 Å². The molecule has 2 rings (SSSR count). The number of aliphatic carboxylic acids is 1. The molecule has 2 nitrogen and oxygen atoms in total. The van der Waals surface area contributed by atoms with Gasteiger partial charge in [0.05, 0.1) is 0 Å². The van der Waals surface area contributed by atoms with Crippen molar-refractivity contribution < 1.29 is 9.90 Å². The molecule has 0 bridgehead atoms. The van der Waals surface area contributed by atoms with Crippen molar-refractivity contribution in [1.82, 2.24) is 0 Å². The molecule has 74 valence electrons. The molecule has 0 aliphatic heterocycles. The maximum Gasteiger partial charge on any atom is 0.320 e. The van der Waals surface area contributed by atoms with Crippen LogP contribution in [0.5, 0.6) is 0 Å². The van der Waals surface area contributed by atoms with Crippen LogP contribution in [0.3, 0.4) is 0 Å². The van der Waals surface area contributed by atoms with Crippen LogP contribution < -0.4 is 0 Å². The van der Waals surface area contributed by atoms with Gasteiger partial charge in [-0.05, 0) is 31.0 Å². The summed E-state index contributed by atoms with van der Waals surface area (Å²) in [7, 11) is 0. The predicted octanol–water partition coefficient (Wildman–Crippen LogP) is 3.05. The smallest absolute Gasteiger partial charge is 0.320 e. The zero-order chi connectivity index (χ0) is 10.2. The number of carboxylic acid groups (broad SMARTS) is 1. The highest BCUT2D eigenvalue weighted by atomic mass is 35.5. The fourth-order valence-corrected chi connectivity index (χ4v) is 2.66. The third kappa shape index (κ3) is 1.88. The van der Waals surface area contributed by atoms with Crippen LogP contribution in [0.15, 0.2) is 29.2 Å². The fourth-order valence-electron chi connectivity index (χ4n) is 1.23. The highest BCUT2D eigenvalue weighted by Crippen LogP contribution is 2.52. The van der Waals surface area contributed by atoms with Crippen LogP contribution in [0.25, 0.3) is 0 Å². The number of hydrogen-bond donors (Lipinski definition) is 1. The van der Waals surface area contributed by atoms with Gasteiger partial charge >= 0.3 is 5.97 Å². The summed E-state index contributed by atoms with van der Waals surface area (Å²) in [5.41, 5.74) is 0. The van der Waals surface area contributed by atoms with Crippen molar-refractivity contribution in [2.45, 2.75) is 22.5 Å². The summed E-state index contributed by atoms with van der Waals surface area (Å²) in [5, 5.41) is 9.63. The Hall–Kier alpha value is -0.670. The summed E-state index contributed by atoms with van der Waals surface area (Å²) >= 11 is 7.21. The normalized spacial score (nSPS) is 17.8. The van der Waals surface area contributed by atoms with Crippen LogP contribution in [0.2, 0.25) is 5.02 Å².